The van der Waals surface area contributed by atoms with E-state index in [9.17, 15) is 13.2 Å². The normalized spacial score (nSPS) is 15.5. The number of aromatic nitrogens is 1. The van der Waals surface area contributed by atoms with E-state index in [2.05, 4.69) is 4.98 Å². The predicted octanol–water partition coefficient (Wildman–Crippen LogP) is 4.22. The zero-order chi connectivity index (χ0) is 20.4. The van der Waals surface area contributed by atoms with Crippen molar-refractivity contribution in [3.05, 3.63) is 48.0 Å². The van der Waals surface area contributed by atoms with Crippen LogP contribution in [0.3, 0.4) is 0 Å². The summed E-state index contributed by atoms with van der Waals surface area (Å²) in [5.74, 6) is 0.672. The van der Waals surface area contributed by atoms with E-state index in [0.717, 1.165) is 31.1 Å². The molecular formula is C22H24N2O4S. The summed E-state index contributed by atoms with van der Waals surface area (Å²) >= 11 is 0. The molecule has 0 atom stereocenters. The number of aldehydes is 1. The van der Waals surface area contributed by atoms with Gasteiger partial charge in [-0.15, -0.1) is 0 Å². The van der Waals surface area contributed by atoms with Crippen LogP contribution in [0.2, 0.25) is 0 Å². The second-order valence-electron chi connectivity index (χ2n) is 7.13. The summed E-state index contributed by atoms with van der Waals surface area (Å²) in [6, 6.07) is 12.4. The number of rotatable bonds is 6. The molecule has 7 heteroatoms. The van der Waals surface area contributed by atoms with Crippen LogP contribution in [0.15, 0.2) is 47.4 Å². The molecule has 0 bridgehead atoms. The zero-order valence-electron chi connectivity index (χ0n) is 16.3. The van der Waals surface area contributed by atoms with Gasteiger partial charge in [0.1, 0.15) is 5.75 Å². The maximum Gasteiger partial charge on any atom is 0.243 e. The van der Waals surface area contributed by atoms with E-state index in [1.165, 1.54) is 4.31 Å². The number of piperidine rings is 1. The minimum Gasteiger partial charge on any atom is -0.493 e. The van der Waals surface area contributed by atoms with Gasteiger partial charge in [-0.3, -0.25) is 4.79 Å². The topological polar surface area (TPSA) is 79.5 Å². The number of benzene rings is 2. The molecule has 0 radical (unpaired) electrons. The van der Waals surface area contributed by atoms with E-state index in [4.69, 9.17) is 4.74 Å². The Morgan fingerprint density at radius 3 is 2.59 bits per heavy atom. The average molecular weight is 413 g/mol. The Bertz CT molecular complexity index is 1140. The van der Waals surface area contributed by atoms with Crippen LogP contribution in [-0.2, 0) is 10.0 Å². The highest BCUT2D eigenvalue weighted by atomic mass is 32.2. The third kappa shape index (κ3) is 3.56. The Morgan fingerprint density at radius 1 is 1.10 bits per heavy atom. The molecule has 2 aromatic carbocycles. The van der Waals surface area contributed by atoms with E-state index in [1.807, 2.05) is 31.2 Å². The molecule has 0 amide bonds. The third-order valence-electron chi connectivity index (χ3n) is 5.34. The molecule has 1 fully saturated rings. The minimum atomic E-state index is -3.57. The molecule has 1 saturated heterocycles. The number of nitrogens with zero attached hydrogens (tertiary/aromatic N) is 1. The van der Waals surface area contributed by atoms with Crippen molar-refractivity contribution in [2.24, 2.45) is 0 Å². The van der Waals surface area contributed by atoms with Crippen LogP contribution in [0.4, 0.5) is 0 Å². The van der Waals surface area contributed by atoms with Gasteiger partial charge in [-0.05, 0) is 50.1 Å². The molecule has 0 saturated carbocycles. The van der Waals surface area contributed by atoms with Crippen LogP contribution in [-0.4, -0.2) is 43.7 Å². The van der Waals surface area contributed by atoms with E-state index in [1.54, 1.807) is 18.2 Å². The first kappa shape index (κ1) is 19.7. The maximum absolute atomic E-state index is 13.1. The van der Waals surface area contributed by atoms with Gasteiger partial charge in [0, 0.05) is 35.1 Å². The summed E-state index contributed by atoms with van der Waals surface area (Å²) in [5.41, 5.74) is 2.55. The largest absolute Gasteiger partial charge is 0.493 e. The monoisotopic (exact) mass is 412 g/mol. The van der Waals surface area contributed by atoms with Crippen molar-refractivity contribution in [2.45, 2.75) is 31.1 Å². The van der Waals surface area contributed by atoms with Crippen molar-refractivity contribution < 1.29 is 17.9 Å². The first-order chi connectivity index (χ1) is 14.1. The van der Waals surface area contributed by atoms with Gasteiger partial charge in [-0.25, -0.2) is 8.42 Å². The van der Waals surface area contributed by atoms with Crippen LogP contribution in [0.25, 0.3) is 22.2 Å². The Hall–Kier alpha value is -2.64. The number of nitrogens with one attached hydrogen (secondary N) is 1. The van der Waals surface area contributed by atoms with Gasteiger partial charge in [0.05, 0.1) is 17.2 Å². The van der Waals surface area contributed by atoms with E-state index in [0.29, 0.717) is 47.6 Å². The number of carbonyl (C=O) groups excluding carboxylic acids is 1. The van der Waals surface area contributed by atoms with Gasteiger partial charge in [0.2, 0.25) is 10.0 Å². The fraction of sp³-hybridized carbons (Fsp3) is 0.318. The van der Waals surface area contributed by atoms with Crippen LogP contribution in [0.1, 0.15) is 36.5 Å². The smallest absolute Gasteiger partial charge is 0.243 e. The van der Waals surface area contributed by atoms with Crippen LogP contribution < -0.4 is 4.74 Å². The first-order valence-corrected chi connectivity index (χ1v) is 11.3. The molecule has 29 heavy (non-hydrogen) atoms. The SMILES string of the molecule is CCOc1ccccc1-c1[nH]c2ccc(S(=O)(=O)N3CCCCC3)cc2c1C=O. The lowest BCUT2D eigenvalue weighted by atomic mass is 10.1. The van der Waals surface area contributed by atoms with E-state index in [-0.39, 0.29) is 4.90 Å². The third-order valence-corrected chi connectivity index (χ3v) is 7.23. The van der Waals surface area contributed by atoms with E-state index >= 15 is 0 Å². The summed E-state index contributed by atoms with van der Waals surface area (Å²) in [7, 11) is -3.57. The van der Waals surface area contributed by atoms with Crippen molar-refractivity contribution in [2.75, 3.05) is 19.7 Å². The van der Waals surface area contributed by atoms with Crippen LogP contribution in [0, 0.1) is 0 Å². The second-order valence-corrected chi connectivity index (χ2v) is 9.07. The van der Waals surface area contributed by atoms with Crippen molar-refractivity contribution >= 4 is 27.2 Å². The molecule has 4 rings (SSSR count). The van der Waals surface area contributed by atoms with Crippen molar-refractivity contribution in [3.63, 3.8) is 0 Å². The van der Waals surface area contributed by atoms with Gasteiger partial charge < -0.3 is 9.72 Å². The van der Waals surface area contributed by atoms with Crippen molar-refractivity contribution in [3.8, 4) is 17.0 Å². The highest BCUT2D eigenvalue weighted by Crippen LogP contribution is 2.36. The lowest BCUT2D eigenvalue weighted by Crippen LogP contribution is -2.35. The number of hydrogen-bond donors (Lipinski definition) is 1. The standard InChI is InChI=1S/C22H24N2O4S/c1-2-28-21-9-5-4-8-17(21)22-19(15-25)18-14-16(10-11-20(18)23-22)29(26,27)24-12-6-3-7-13-24/h4-5,8-11,14-15,23H,2-3,6-7,12-13H2,1H3. The molecule has 0 unspecified atom stereocenters. The summed E-state index contributed by atoms with van der Waals surface area (Å²) in [6.07, 6.45) is 3.59. The van der Waals surface area contributed by atoms with Gasteiger partial charge in [0.15, 0.2) is 6.29 Å². The summed E-state index contributed by atoms with van der Waals surface area (Å²) < 4.78 is 33.4. The summed E-state index contributed by atoms with van der Waals surface area (Å²) in [6.45, 7) is 3.49. The van der Waals surface area contributed by atoms with Gasteiger partial charge in [0.25, 0.3) is 0 Å². The summed E-state index contributed by atoms with van der Waals surface area (Å²) in [4.78, 5) is 15.5. The van der Waals surface area contributed by atoms with Gasteiger partial charge in [-0.2, -0.15) is 4.31 Å². The predicted molar refractivity (Wildman–Crippen MR) is 113 cm³/mol. The molecule has 1 N–H and O–H groups in total. The molecule has 3 aromatic rings. The quantitative estimate of drug-likeness (QED) is 0.615. The number of aromatic amines is 1. The fourth-order valence-electron chi connectivity index (χ4n) is 3.90. The molecule has 1 aromatic heterocycles. The van der Waals surface area contributed by atoms with Crippen LogP contribution >= 0.6 is 0 Å². The second kappa shape index (κ2) is 8.00. The Kier molecular flexibility index (Phi) is 5.43. The maximum atomic E-state index is 13.1. The zero-order valence-corrected chi connectivity index (χ0v) is 17.2. The molecule has 0 spiro atoms. The molecule has 6 nitrogen and oxygen atoms in total. The van der Waals surface area contributed by atoms with Crippen molar-refractivity contribution in [1.29, 1.82) is 0 Å². The lowest BCUT2D eigenvalue weighted by molar-refractivity contribution is 0.112. The number of ether oxygens (including phenoxy) is 1. The average Bonchev–Trinajstić information content (AvgIpc) is 3.12. The Morgan fingerprint density at radius 2 is 1.86 bits per heavy atom. The minimum absolute atomic E-state index is 0.221. The summed E-state index contributed by atoms with van der Waals surface area (Å²) in [5, 5.41) is 0.597. The molecule has 1 aliphatic heterocycles. The van der Waals surface area contributed by atoms with Crippen LogP contribution in [0.5, 0.6) is 5.75 Å². The van der Waals surface area contributed by atoms with E-state index < -0.39 is 10.0 Å². The highest BCUT2D eigenvalue weighted by molar-refractivity contribution is 7.89. The highest BCUT2D eigenvalue weighted by Gasteiger charge is 2.27. The number of fused-ring (bicyclic) bond motifs is 1. The molecule has 2 heterocycles. The molecule has 0 aliphatic carbocycles. The first-order valence-electron chi connectivity index (χ1n) is 9.89. The molecular weight excluding hydrogens is 388 g/mol. The number of hydrogen-bond acceptors (Lipinski definition) is 4. The number of sulfonamides is 1. The number of carbonyl (C=O) groups is 1. The molecule has 152 valence electrons. The molecule has 1 aliphatic rings. The van der Waals surface area contributed by atoms with Gasteiger partial charge >= 0.3 is 0 Å². The lowest BCUT2D eigenvalue weighted by Gasteiger charge is -2.25. The Balaban J connectivity index is 1.84. The number of para-hydroxylation sites is 1. The Labute approximate surface area is 170 Å². The van der Waals surface area contributed by atoms with Crippen molar-refractivity contribution in [1.82, 2.24) is 9.29 Å². The number of H-pyrrole nitrogens is 1. The fourth-order valence-corrected chi connectivity index (χ4v) is 5.44. The van der Waals surface area contributed by atoms with Gasteiger partial charge in [-0.1, -0.05) is 18.6 Å².